The van der Waals surface area contributed by atoms with Crippen molar-refractivity contribution in [3.63, 3.8) is 0 Å². The van der Waals surface area contributed by atoms with Crippen LogP contribution in [0.25, 0.3) is 6.08 Å². The zero-order valence-corrected chi connectivity index (χ0v) is 15.2. The molecule has 1 N–H and O–H groups in total. The van der Waals surface area contributed by atoms with Gasteiger partial charge in [0, 0.05) is 30.7 Å². The first-order chi connectivity index (χ1) is 12.6. The van der Waals surface area contributed by atoms with E-state index in [2.05, 4.69) is 5.32 Å². The van der Waals surface area contributed by atoms with Crippen LogP contribution in [0.5, 0.6) is 11.5 Å². The van der Waals surface area contributed by atoms with Gasteiger partial charge in [0.1, 0.15) is 29.2 Å². The Balaban J connectivity index is 1.80. The average molecular weight is 356 g/mol. The normalized spacial score (nSPS) is 21.7. The average Bonchev–Trinajstić information content (AvgIpc) is 3.26. The first-order valence-electron chi connectivity index (χ1n) is 9.08. The van der Waals surface area contributed by atoms with Crippen molar-refractivity contribution >= 4 is 12.0 Å². The van der Waals surface area contributed by atoms with Gasteiger partial charge in [0.05, 0.1) is 12.7 Å². The number of amides is 1. The smallest absolute Gasteiger partial charge is 0.262 e. The first-order valence-corrected chi connectivity index (χ1v) is 9.08. The number of ether oxygens (including phenoxy) is 3. The minimum absolute atomic E-state index is 0.0350. The van der Waals surface area contributed by atoms with Gasteiger partial charge in [-0.3, -0.25) is 4.79 Å². The van der Waals surface area contributed by atoms with E-state index in [1.54, 1.807) is 6.08 Å². The number of benzene rings is 1. The van der Waals surface area contributed by atoms with Crippen LogP contribution >= 0.6 is 0 Å². The van der Waals surface area contributed by atoms with E-state index in [1.165, 1.54) is 0 Å². The fourth-order valence-corrected chi connectivity index (χ4v) is 3.26. The van der Waals surface area contributed by atoms with Crippen molar-refractivity contribution in [2.45, 2.75) is 45.3 Å². The zero-order valence-electron chi connectivity index (χ0n) is 15.2. The molecule has 0 saturated carbocycles. The third-order valence-corrected chi connectivity index (χ3v) is 4.51. The summed E-state index contributed by atoms with van der Waals surface area (Å²) in [6.07, 6.45) is 4.47. The maximum atomic E-state index is 12.4. The highest BCUT2D eigenvalue weighted by Gasteiger charge is 2.22. The molecule has 2 atom stereocenters. The fourth-order valence-electron chi connectivity index (χ4n) is 3.26. The molecule has 1 saturated heterocycles. The molecule has 6 nitrogen and oxygen atoms in total. The largest absolute Gasteiger partial charge is 0.493 e. The number of carbonyl (C=O) groups is 1. The molecule has 6 heteroatoms. The molecule has 2 heterocycles. The minimum Gasteiger partial charge on any atom is -0.493 e. The third kappa shape index (κ3) is 4.17. The molecule has 0 aromatic heterocycles. The summed E-state index contributed by atoms with van der Waals surface area (Å²) >= 11 is 0. The van der Waals surface area contributed by atoms with E-state index in [0.29, 0.717) is 24.5 Å². The van der Waals surface area contributed by atoms with Gasteiger partial charge in [-0.15, -0.1) is 0 Å². The number of nitriles is 1. The second kappa shape index (κ2) is 8.24. The van der Waals surface area contributed by atoms with Gasteiger partial charge in [0.25, 0.3) is 5.91 Å². The molecule has 3 rings (SSSR count). The van der Waals surface area contributed by atoms with Crippen molar-refractivity contribution in [2.75, 3.05) is 19.8 Å². The molecule has 0 aliphatic carbocycles. The topological polar surface area (TPSA) is 80.6 Å². The zero-order chi connectivity index (χ0) is 18.5. The van der Waals surface area contributed by atoms with Crippen LogP contribution in [0.3, 0.4) is 0 Å². The monoisotopic (exact) mass is 356 g/mol. The summed E-state index contributed by atoms with van der Waals surface area (Å²) in [5.74, 6) is 1.04. The fraction of sp³-hybridized carbons (Fsp3) is 0.500. The lowest BCUT2D eigenvalue weighted by Crippen LogP contribution is -2.32. The first kappa shape index (κ1) is 18.3. The van der Waals surface area contributed by atoms with E-state index in [1.807, 2.05) is 32.0 Å². The molecule has 0 bridgehead atoms. The van der Waals surface area contributed by atoms with Crippen molar-refractivity contribution in [3.05, 3.63) is 28.8 Å². The Bertz CT molecular complexity index is 745. The number of rotatable bonds is 6. The number of carbonyl (C=O) groups excluding carboxylic acids is 1. The third-order valence-electron chi connectivity index (χ3n) is 4.51. The van der Waals surface area contributed by atoms with Crippen LogP contribution in [0, 0.1) is 11.3 Å². The predicted octanol–water partition coefficient (Wildman–Crippen LogP) is 2.61. The molecule has 1 amide bonds. The number of nitrogens with zero attached hydrogens (tertiary/aromatic N) is 1. The Morgan fingerprint density at radius 3 is 3.04 bits per heavy atom. The van der Waals surface area contributed by atoms with Gasteiger partial charge >= 0.3 is 0 Å². The van der Waals surface area contributed by atoms with Gasteiger partial charge < -0.3 is 19.5 Å². The van der Waals surface area contributed by atoms with Gasteiger partial charge in [0.2, 0.25) is 0 Å². The molecule has 26 heavy (non-hydrogen) atoms. The van der Waals surface area contributed by atoms with E-state index in [4.69, 9.17) is 14.2 Å². The van der Waals surface area contributed by atoms with Gasteiger partial charge in [0.15, 0.2) is 0 Å². The summed E-state index contributed by atoms with van der Waals surface area (Å²) in [5, 5.41) is 12.2. The molecular weight excluding hydrogens is 332 g/mol. The summed E-state index contributed by atoms with van der Waals surface area (Å²) in [7, 11) is 0. The van der Waals surface area contributed by atoms with E-state index < -0.39 is 5.91 Å². The van der Waals surface area contributed by atoms with Crippen LogP contribution in [0.4, 0.5) is 0 Å². The number of hydrogen-bond donors (Lipinski definition) is 1. The van der Waals surface area contributed by atoms with Crippen molar-refractivity contribution in [3.8, 4) is 17.6 Å². The standard InChI is InChI=1S/C20H24N2O4/c1-3-24-18-9-14-7-13(2)26-19(14)10-15(18)8-16(11-21)20(23)22-12-17-5-4-6-25-17/h8-10,13,17H,3-7,12H2,1-2H3,(H,22,23). The van der Waals surface area contributed by atoms with Gasteiger partial charge in [-0.25, -0.2) is 0 Å². The second-order valence-electron chi connectivity index (χ2n) is 6.58. The lowest BCUT2D eigenvalue weighted by molar-refractivity contribution is -0.117. The summed E-state index contributed by atoms with van der Waals surface area (Å²) in [6.45, 7) is 5.56. The Hall–Kier alpha value is -2.52. The Morgan fingerprint density at radius 2 is 2.35 bits per heavy atom. The van der Waals surface area contributed by atoms with Gasteiger partial charge in [-0.2, -0.15) is 5.26 Å². The molecule has 0 radical (unpaired) electrons. The van der Waals surface area contributed by atoms with Crippen LogP contribution in [0.2, 0.25) is 0 Å². The summed E-state index contributed by atoms with van der Waals surface area (Å²) in [5.41, 5.74) is 1.79. The predicted molar refractivity (Wildman–Crippen MR) is 97.0 cm³/mol. The molecule has 2 aliphatic rings. The van der Waals surface area contributed by atoms with E-state index in [9.17, 15) is 10.1 Å². The number of hydrogen-bond acceptors (Lipinski definition) is 5. The molecule has 0 spiro atoms. The van der Waals surface area contributed by atoms with Crippen molar-refractivity contribution < 1.29 is 19.0 Å². The van der Waals surface area contributed by atoms with Crippen molar-refractivity contribution in [1.29, 1.82) is 5.26 Å². The lowest BCUT2D eigenvalue weighted by Gasteiger charge is -2.12. The summed E-state index contributed by atoms with van der Waals surface area (Å²) in [4.78, 5) is 12.4. The highest BCUT2D eigenvalue weighted by atomic mass is 16.5. The SMILES string of the molecule is CCOc1cc2c(cc1C=C(C#N)C(=O)NCC1CCCO1)OC(C)C2. The molecule has 1 aromatic carbocycles. The maximum absolute atomic E-state index is 12.4. The van der Waals surface area contributed by atoms with Gasteiger partial charge in [-0.05, 0) is 44.9 Å². The van der Waals surface area contributed by atoms with Crippen LogP contribution in [0.1, 0.15) is 37.8 Å². The number of nitrogens with one attached hydrogen (secondary N) is 1. The highest BCUT2D eigenvalue weighted by Crippen LogP contribution is 2.36. The second-order valence-corrected chi connectivity index (χ2v) is 6.58. The van der Waals surface area contributed by atoms with Crippen LogP contribution in [0.15, 0.2) is 17.7 Å². The van der Waals surface area contributed by atoms with E-state index >= 15 is 0 Å². The molecule has 2 aliphatic heterocycles. The van der Waals surface area contributed by atoms with Crippen molar-refractivity contribution in [2.24, 2.45) is 0 Å². The van der Waals surface area contributed by atoms with Crippen LogP contribution in [-0.4, -0.2) is 37.9 Å². The lowest BCUT2D eigenvalue weighted by atomic mass is 10.0. The Kier molecular flexibility index (Phi) is 5.79. The molecular formula is C20H24N2O4. The Morgan fingerprint density at radius 1 is 1.50 bits per heavy atom. The van der Waals surface area contributed by atoms with Crippen molar-refractivity contribution in [1.82, 2.24) is 5.32 Å². The summed E-state index contributed by atoms with van der Waals surface area (Å²) < 4.78 is 17.0. The van der Waals surface area contributed by atoms with Crippen LogP contribution < -0.4 is 14.8 Å². The Labute approximate surface area is 153 Å². The molecule has 138 valence electrons. The molecule has 1 aromatic rings. The summed E-state index contributed by atoms with van der Waals surface area (Å²) in [6, 6.07) is 5.76. The van der Waals surface area contributed by atoms with Crippen LogP contribution in [-0.2, 0) is 16.0 Å². The highest BCUT2D eigenvalue weighted by molar-refractivity contribution is 6.02. The van der Waals surface area contributed by atoms with E-state index in [0.717, 1.165) is 37.2 Å². The molecule has 1 fully saturated rings. The van der Waals surface area contributed by atoms with E-state index in [-0.39, 0.29) is 17.8 Å². The quantitative estimate of drug-likeness (QED) is 0.626. The minimum atomic E-state index is -0.403. The maximum Gasteiger partial charge on any atom is 0.262 e. The number of fused-ring (bicyclic) bond motifs is 1. The molecule has 2 unspecified atom stereocenters. The van der Waals surface area contributed by atoms with Gasteiger partial charge in [-0.1, -0.05) is 0 Å².